The Kier molecular flexibility index (Phi) is 9.34. The Morgan fingerprint density at radius 3 is 2.03 bits per heavy atom. The van der Waals surface area contributed by atoms with Gasteiger partial charge in [-0.1, -0.05) is 60.7 Å². The van der Waals surface area contributed by atoms with Gasteiger partial charge in [-0.3, -0.25) is 4.79 Å². The van der Waals surface area contributed by atoms with Crippen molar-refractivity contribution in [2.45, 2.75) is 26.2 Å². The van der Waals surface area contributed by atoms with Crippen LogP contribution in [0.15, 0.2) is 108 Å². The Morgan fingerprint density at radius 1 is 0.789 bits per heavy atom. The molecule has 0 aliphatic heterocycles. The molecule has 7 nitrogen and oxygen atoms in total. The van der Waals surface area contributed by atoms with E-state index in [2.05, 4.69) is 10.5 Å². The standard InChI is InChI=1S/C31H30N2O5/c1-23(38-28-16-14-27(15-17-28)36-21-24-9-5-3-6-10-24)31(34)33-32-20-26-13-18-29(30(19-26)35-2)37-22-25-11-7-4-8-12-25/h3-20,23H,21-22H2,1-2H3,(H,33,34)/b32-20-/t23-/m0/s1. The number of benzene rings is 4. The highest BCUT2D eigenvalue weighted by Crippen LogP contribution is 2.28. The number of rotatable bonds is 12. The van der Waals surface area contributed by atoms with Crippen molar-refractivity contribution < 1.29 is 23.7 Å². The van der Waals surface area contributed by atoms with Crippen molar-refractivity contribution >= 4 is 12.1 Å². The lowest BCUT2D eigenvalue weighted by Gasteiger charge is -2.14. The van der Waals surface area contributed by atoms with Crippen molar-refractivity contribution in [1.29, 1.82) is 0 Å². The number of hydrogen-bond acceptors (Lipinski definition) is 6. The van der Waals surface area contributed by atoms with Gasteiger partial charge in [-0.25, -0.2) is 5.43 Å². The van der Waals surface area contributed by atoms with E-state index in [9.17, 15) is 4.79 Å². The highest BCUT2D eigenvalue weighted by atomic mass is 16.5. The van der Waals surface area contributed by atoms with Crippen LogP contribution in [0.5, 0.6) is 23.0 Å². The molecule has 0 saturated carbocycles. The van der Waals surface area contributed by atoms with Crippen LogP contribution in [0.2, 0.25) is 0 Å². The molecule has 0 aromatic heterocycles. The number of amides is 1. The van der Waals surface area contributed by atoms with Gasteiger partial charge in [-0.05, 0) is 66.1 Å². The van der Waals surface area contributed by atoms with E-state index in [1.807, 2.05) is 84.9 Å². The lowest BCUT2D eigenvalue weighted by molar-refractivity contribution is -0.127. The minimum absolute atomic E-state index is 0.375. The molecular formula is C31H30N2O5. The molecule has 0 fully saturated rings. The zero-order valence-corrected chi connectivity index (χ0v) is 21.4. The first kappa shape index (κ1) is 26.3. The minimum atomic E-state index is -0.744. The maximum atomic E-state index is 12.4. The third kappa shape index (κ3) is 7.86. The maximum absolute atomic E-state index is 12.4. The summed E-state index contributed by atoms with van der Waals surface area (Å²) in [5.41, 5.74) is 5.40. The van der Waals surface area contributed by atoms with Crippen LogP contribution in [0.1, 0.15) is 23.6 Å². The highest BCUT2D eigenvalue weighted by Gasteiger charge is 2.14. The van der Waals surface area contributed by atoms with E-state index in [0.717, 1.165) is 22.4 Å². The van der Waals surface area contributed by atoms with Gasteiger partial charge in [0.2, 0.25) is 0 Å². The molecule has 0 heterocycles. The van der Waals surface area contributed by atoms with E-state index < -0.39 is 6.10 Å². The molecule has 1 amide bonds. The molecule has 0 unspecified atom stereocenters. The van der Waals surface area contributed by atoms with Crippen molar-refractivity contribution in [2.24, 2.45) is 5.10 Å². The first-order valence-corrected chi connectivity index (χ1v) is 12.2. The maximum Gasteiger partial charge on any atom is 0.280 e. The Hall–Kier alpha value is -4.78. The van der Waals surface area contributed by atoms with Gasteiger partial charge in [-0.2, -0.15) is 5.10 Å². The van der Waals surface area contributed by atoms with Gasteiger partial charge in [-0.15, -0.1) is 0 Å². The summed E-state index contributed by atoms with van der Waals surface area (Å²) in [5, 5.41) is 4.05. The van der Waals surface area contributed by atoms with Gasteiger partial charge in [0.25, 0.3) is 5.91 Å². The zero-order valence-electron chi connectivity index (χ0n) is 21.4. The molecule has 7 heteroatoms. The fourth-order valence-electron chi connectivity index (χ4n) is 3.49. The van der Waals surface area contributed by atoms with E-state index in [4.69, 9.17) is 18.9 Å². The van der Waals surface area contributed by atoms with Crippen LogP contribution in [0.25, 0.3) is 0 Å². The van der Waals surface area contributed by atoms with E-state index in [1.54, 1.807) is 32.2 Å². The third-order valence-corrected chi connectivity index (χ3v) is 5.57. The van der Waals surface area contributed by atoms with Gasteiger partial charge >= 0.3 is 0 Å². The fraction of sp³-hybridized carbons (Fsp3) is 0.161. The molecule has 0 aliphatic rings. The smallest absolute Gasteiger partial charge is 0.280 e. The zero-order chi connectivity index (χ0) is 26.6. The first-order chi connectivity index (χ1) is 18.6. The number of hydrogen-bond donors (Lipinski definition) is 1. The average molecular weight is 511 g/mol. The van der Waals surface area contributed by atoms with Crippen molar-refractivity contribution in [2.75, 3.05) is 7.11 Å². The molecule has 0 radical (unpaired) electrons. The lowest BCUT2D eigenvalue weighted by Crippen LogP contribution is -2.33. The summed E-state index contributed by atoms with van der Waals surface area (Å²) in [5.74, 6) is 2.09. The normalized spacial score (nSPS) is 11.5. The molecule has 1 atom stereocenters. The van der Waals surface area contributed by atoms with Gasteiger partial charge in [0.05, 0.1) is 13.3 Å². The van der Waals surface area contributed by atoms with Crippen LogP contribution in [0, 0.1) is 0 Å². The predicted molar refractivity (Wildman–Crippen MR) is 147 cm³/mol. The van der Waals surface area contributed by atoms with Gasteiger partial charge in [0, 0.05) is 0 Å². The molecule has 194 valence electrons. The summed E-state index contributed by atoms with van der Waals surface area (Å²) < 4.78 is 22.8. The lowest BCUT2D eigenvalue weighted by atomic mass is 10.2. The number of carbonyl (C=O) groups is 1. The molecule has 0 saturated heterocycles. The fourth-order valence-corrected chi connectivity index (χ4v) is 3.49. The van der Waals surface area contributed by atoms with Crippen molar-refractivity contribution in [3.05, 3.63) is 120 Å². The third-order valence-electron chi connectivity index (χ3n) is 5.57. The molecule has 0 spiro atoms. The predicted octanol–water partition coefficient (Wildman–Crippen LogP) is 5.77. The van der Waals surface area contributed by atoms with Crippen LogP contribution in [-0.4, -0.2) is 25.3 Å². The Balaban J connectivity index is 1.24. The summed E-state index contributed by atoms with van der Waals surface area (Å²) in [7, 11) is 1.58. The Labute approximate surface area is 222 Å². The average Bonchev–Trinajstić information content (AvgIpc) is 2.97. The molecule has 0 aliphatic carbocycles. The van der Waals surface area contributed by atoms with Gasteiger partial charge in [0.15, 0.2) is 17.6 Å². The van der Waals surface area contributed by atoms with E-state index in [-0.39, 0.29) is 5.91 Å². The van der Waals surface area contributed by atoms with Crippen molar-refractivity contribution in [3.63, 3.8) is 0 Å². The first-order valence-electron chi connectivity index (χ1n) is 12.2. The van der Waals surface area contributed by atoms with Crippen LogP contribution >= 0.6 is 0 Å². The topological polar surface area (TPSA) is 78.4 Å². The molecular weight excluding hydrogens is 480 g/mol. The summed E-state index contributed by atoms with van der Waals surface area (Å²) in [6, 6.07) is 32.4. The Morgan fingerprint density at radius 2 is 1.39 bits per heavy atom. The van der Waals surface area contributed by atoms with Crippen molar-refractivity contribution in [3.8, 4) is 23.0 Å². The number of hydrazone groups is 1. The highest BCUT2D eigenvalue weighted by molar-refractivity contribution is 5.85. The minimum Gasteiger partial charge on any atom is -0.493 e. The van der Waals surface area contributed by atoms with Crippen LogP contribution in [-0.2, 0) is 18.0 Å². The summed E-state index contributed by atoms with van der Waals surface area (Å²) >= 11 is 0. The second kappa shape index (κ2) is 13.5. The molecule has 4 aromatic carbocycles. The van der Waals surface area contributed by atoms with Crippen LogP contribution < -0.4 is 24.4 Å². The SMILES string of the molecule is COc1cc(/C=N\NC(=O)[C@H](C)Oc2ccc(OCc3ccccc3)cc2)ccc1OCc1ccccc1. The van der Waals surface area contributed by atoms with Crippen LogP contribution in [0.3, 0.4) is 0 Å². The molecule has 1 N–H and O–H groups in total. The molecule has 4 rings (SSSR count). The quantitative estimate of drug-likeness (QED) is 0.193. The van der Waals surface area contributed by atoms with E-state index in [0.29, 0.717) is 30.5 Å². The summed E-state index contributed by atoms with van der Waals surface area (Å²) in [4.78, 5) is 12.4. The number of methoxy groups -OCH3 is 1. The summed E-state index contributed by atoms with van der Waals surface area (Å²) in [6.07, 6.45) is 0.791. The monoisotopic (exact) mass is 510 g/mol. The number of nitrogens with zero attached hydrogens (tertiary/aromatic N) is 1. The number of ether oxygens (including phenoxy) is 4. The van der Waals surface area contributed by atoms with E-state index in [1.165, 1.54) is 6.21 Å². The largest absolute Gasteiger partial charge is 0.493 e. The number of nitrogens with one attached hydrogen (secondary N) is 1. The molecule has 4 aromatic rings. The van der Waals surface area contributed by atoms with Crippen LogP contribution in [0.4, 0.5) is 0 Å². The summed E-state index contributed by atoms with van der Waals surface area (Å²) in [6.45, 7) is 2.57. The number of carbonyl (C=O) groups excluding carboxylic acids is 1. The second-order valence-electron chi connectivity index (χ2n) is 8.42. The van der Waals surface area contributed by atoms with Gasteiger partial charge in [0.1, 0.15) is 24.7 Å². The molecule has 0 bridgehead atoms. The Bertz CT molecular complexity index is 1330. The van der Waals surface area contributed by atoms with Gasteiger partial charge < -0.3 is 18.9 Å². The second-order valence-corrected chi connectivity index (χ2v) is 8.42. The molecule has 38 heavy (non-hydrogen) atoms. The van der Waals surface area contributed by atoms with E-state index >= 15 is 0 Å². The van der Waals surface area contributed by atoms with Crippen molar-refractivity contribution in [1.82, 2.24) is 5.43 Å².